The molecule has 0 aliphatic heterocycles. The van der Waals surface area contributed by atoms with Crippen molar-refractivity contribution < 1.29 is 0 Å². The molecule has 0 aliphatic rings. The molecule has 1 heterocycles. The van der Waals surface area contributed by atoms with Crippen LogP contribution in [0.5, 0.6) is 0 Å². The Morgan fingerprint density at radius 1 is 0.500 bits per heavy atom. The summed E-state index contributed by atoms with van der Waals surface area (Å²) in [6.07, 6.45) is 6.53. The van der Waals surface area contributed by atoms with E-state index in [1.54, 1.807) is 0 Å². The number of aromatic nitrogens is 2. The number of hydrogen-bond acceptors (Lipinski definition) is 1. The third-order valence-electron chi connectivity index (χ3n) is 8.28. The first-order chi connectivity index (χ1) is 22.6. The summed E-state index contributed by atoms with van der Waals surface area (Å²) in [5.74, 6) is 0. The molecule has 0 unspecified atom stereocenters. The molecule has 0 amide bonds. The first-order valence-electron chi connectivity index (χ1n) is 15.3. The van der Waals surface area contributed by atoms with E-state index in [1.165, 1.54) is 31.9 Å². The second kappa shape index (κ2) is 15.1. The van der Waals surface area contributed by atoms with Gasteiger partial charge in [-0.2, -0.15) is 0 Å². The molecule has 1 aromatic heterocycles. The van der Waals surface area contributed by atoms with E-state index >= 15 is 0 Å². The maximum Gasteiger partial charge on any atom is 0.241 e. The molecule has 0 saturated heterocycles. The minimum Gasteiger partial charge on any atom is -0.339 e. The maximum absolute atomic E-state index is 6.42. The summed E-state index contributed by atoms with van der Waals surface area (Å²) in [5, 5.41) is 5.29. The highest BCUT2D eigenvalue weighted by Gasteiger charge is 2.40. The van der Waals surface area contributed by atoms with Gasteiger partial charge in [-0.15, -0.1) is 0 Å². The van der Waals surface area contributed by atoms with E-state index in [4.69, 9.17) is 23.2 Å². The maximum atomic E-state index is 6.42. The predicted octanol–water partition coefficient (Wildman–Crippen LogP) is 6.10. The minimum absolute atomic E-state index is 0.309. The third kappa shape index (κ3) is 7.27. The Bertz CT molecular complexity index is 1800. The van der Waals surface area contributed by atoms with Gasteiger partial charge in [0, 0.05) is 28.6 Å². The number of halogens is 2. The molecule has 0 saturated carbocycles. The summed E-state index contributed by atoms with van der Waals surface area (Å²) in [7, 11) is -2.44. The van der Waals surface area contributed by atoms with E-state index in [0.29, 0.717) is 6.71 Å². The van der Waals surface area contributed by atoms with E-state index in [-0.39, 0.29) is 0 Å². The van der Waals surface area contributed by atoms with Gasteiger partial charge in [0.1, 0.15) is 0 Å². The number of hydrogen-bond donors (Lipinski definition) is 0. The average molecular weight is 652 g/mol. The summed E-state index contributed by atoms with van der Waals surface area (Å²) in [5.41, 5.74) is 4.00. The average Bonchev–Trinajstić information content (AvgIpc) is 3.63. The minimum atomic E-state index is -2.44. The van der Waals surface area contributed by atoms with Crippen molar-refractivity contribution in [3.05, 3.63) is 199 Å². The summed E-state index contributed by atoms with van der Waals surface area (Å²) in [6, 6.07) is 59.2. The number of nitrogens with zero attached hydrogens (tertiary/aromatic N) is 2. The van der Waals surface area contributed by atoms with Gasteiger partial charge in [0.05, 0.1) is 6.33 Å². The number of benzene rings is 6. The van der Waals surface area contributed by atoms with Crippen LogP contribution in [0.2, 0.25) is 10.0 Å². The Morgan fingerprint density at radius 3 is 1.30 bits per heavy atom. The van der Waals surface area contributed by atoms with Crippen LogP contribution < -0.4 is 31.9 Å². The molecule has 0 atom stereocenters. The molecule has 0 spiro atoms. The fraction of sp³-hybridized carbons (Fsp3) is 0.0250. The Morgan fingerprint density at radius 2 is 0.913 bits per heavy atom. The van der Waals surface area contributed by atoms with Gasteiger partial charge in [0.15, 0.2) is 8.07 Å². The van der Waals surface area contributed by atoms with Crippen LogP contribution in [0.4, 0.5) is 0 Å². The molecule has 46 heavy (non-hydrogen) atoms. The molecular formula is C40H33BCl2N2Si. The fourth-order valence-electron chi connectivity index (χ4n) is 6.17. The van der Waals surface area contributed by atoms with E-state index in [2.05, 4.69) is 155 Å². The van der Waals surface area contributed by atoms with Crippen molar-refractivity contribution in [2.45, 2.75) is 6.17 Å². The summed E-state index contributed by atoms with van der Waals surface area (Å²) >= 11 is 12.8. The van der Waals surface area contributed by atoms with E-state index < -0.39 is 8.07 Å². The Hall–Kier alpha value is -4.61. The van der Waals surface area contributed by atoms with Crippen LogP contribution in [0.25, 0.3) is 0 Å². The van der Waals surface area contributed by atoms with Crippen LogP contribution in [0.3, 0.4) is 0 Å². The van der Waals surface area contributed by atoms with Crippen LogP contribution in [0.1, 0.15) is 0 Å². The topological polar surface area (TPSA) is 17.8 Å². The van der Waals surface area contributed by atoms with Crippen molar-refractivity contribution in [2.24, 2.45) is 0 Å². The first-order valence-corrected chi connectivity index (χ1v) is 18.3. The smallest absolute Gasteiger partial charge is 0.241 e. The zero-order chi connectivity index (χ0) is 31.6. The molecule has 6 aromatic carbocycles. The Labute approximate surface area is 283 Å². The highest BCUT2D eigenvalue weighted by molar-refractivity contribution is 7.10. The Balaban J connectivity index is 0.000000172. The second-order valence-electron chi connectivity index (χ2n) is 11.2. The lowest BCUT2D eigenvalue weighted by Gasteiger charge is -2.34. The lowest BCUT2D eigenvalue weighted by Crippen LogP contribution is -2.69. The quantitative estimate of drug-likeness (QED) is 0.144. The summed E-state index contributed by atoms with van der Waals surface area (Å²) in [4.78, 5) is 4.26. The summed E-state index contributed by atoms with van der Waals surface area (Å²) in [6.45, 7) is 0.309. The molecular weight excluding hydrogens is 618 g/mol. The SMILES string of the molecule is Clc1cccc([Si](Cn2ccnc2)(c2ccccc2)c2cccc(Cl)c2)c1.c1ccc(B(c2ccccc2)c2ccccc2)cc1. The van der Waals surface area contributed by atoms with Crippen molar-refractivity contribution in [3.63, 3.8) is 0 Å². The first kappa shape index (κ1) is 31.4. The third-order valence-corrected chi connectivity index (χ3v) is 13.5. The molecule has 0 aliphatic carbocycles. The van der Waals surface area contributed by atoms with E-state index in [0.717, 1.165) is 16.2 Å². The molecule has 7 aromatic rings. The van der Waals surface area contributed by atoms with Gasteiger partial charge in [-0.1, -0.05) is 185 Å². The molecule has 224 valence electrons. The standard InChI is InChI=1S/C22H18Cl2N2Si.C18H15B/c23-18-6-4-10-21(14-18)27(17-26-13-12-25-16-26,20-8-2-1-3-9-20)22-11-5-7-19(24)15-22;1-4-10-16(11-5-1)19(17-12-6-2-7-13-17)18-14-8-3-9-15-18/h1-16H,17H2;1-15H. The molecule has 0 radical (unpaired) electrons. The van der Waals surface area contributed by atoms with Crippen molar-refractivity contribution in [2.75, 3.05) is 0 Å². The number of imidazole rings is 1. The lowest BCUT2D eigenvalue weighted by molar-refractivity contribution is 0.862. The van der Waals surface area contributed by atoms with Gasteiger partial charge < -0.3 is 4.57 Å². The molecule has 2 nitrogen and oxygen atoms in total. The van der Waals surface area contributed by atoms with Crippen LogP contribution in [-0.2, 0) is 6.17 Å². The molecule has 0 N–H and O–H groups in total. The molecule has 6 heteroatoms. The van der Waals surface area contributed by atoms with Crippen molar-refractivity contribution in [3.8, 4) is 0 Å². The predicted molar refractivity (Wildman–Crippen MR) is 200 cm³/mol. The van der Waals surface area contributed by atoms with Crippen LogP contribution in [0, 0.1) is 0 Å². The van der Waals surface area contributed by atoms with E-state index in [9.17, 15) is 0 Å². The fourth-order valence-corrected chi connectivity index (χ4v) is 11.3. The lowest BCUT2D eigenvalue weighted by atomic mass is 9.37. The monoisotopic (exact) mass is 650 g/mol. The highest BCUT2D eigenvalue weighted by Crippen LogP contribution is 2.16. The highest BCUT2D eigenvalue weighted by atomic mass is 35.5. The van der Waals surface area contributed by atoms with Crippen LogP contribution in [-0.4, -0.2) is 24.3 Å². The number of rotatable bonds is 8. The van der Waals surface area contributed by atoms with Gasteiger partial charge in [0.25, 0.3) is 0 Å². The zero-order valence-corrected chi connectivity index (χ0v) is 27.8. The van der Waals surface area contributed by atoms with Crippen LogP contribution in [0.15, 0.2) is 189 Å². The van der Waals surface area contributed by atoms with Gasteiger partial charge in [0.2, 0.25) is 6.71 Å². The normalized spacial score (nSPS) is 10.9. The van der Waals surface area contributed by atoms with Crippen LogP contribution >= 0.6 is 23.2 Å². The van der Waals surface area contributed by atoms with Gasteiger partial charge in [-0.25, -0.2) is 4.98 Å². The van der Waals surface area contributed by atoms with Crippen molar-refractivity contribution >= 4 is 69.9 Å². The van der Waals surface area contributed by atoms with Gasteiger partial charge in [-0.3, -0.25) is 0 Å². The van der Waals surface area contributed by atoms with Gasteiger partial charge >= 0.3 is 0 Å². The zero-order valence-electron chi connectivity index (χ0n) is 25.3. The second-order valence-corrected chi connectivity index (χ2v) is 15.9. The Kier molecular flexibility index (Phi) is 10.3. The largest absolute Gasteiger partial charge is 0.339 e. The summed E-state index contributed by atoms with van der Waals surface area (Å²) < 4.78 is 2.15. The van der Waals surface area contributed by atoms with Crippen molar-refractivity contribution in [1.82, 2.24) is 9.55 Å². The van der Waals surface area contributed by atoms with E-state index in [1.807, 2.05) is 43.0 Å². The molecule has 0 bridgehead atoms. The van der Waals surface area contributed by atoms with Gasteiger partial charge in [-0.05, 0) is 39.8 Å². The molecule has 7 rings (SSSR count). The molecule has 0 fully saturated rings. The van der Waals surface area contributed by atoms with Crippen molar-refractivity contribution in [1.29, 1.82) is 0 Å².